The number of nitrogens with two attached hydrogens (primary N) is 2. The molecule has 0 radical (unpaired) electrons. The van der Waals surface area contributed by atoms with Crippen LogP contribution in [0.2, 0.25) is 0 Å². The summed E-state index contributed by atoms with van der Waals surface area (Å²) in [5.74, 6) is 0. The minimum absolute atomic E-state index is 0.0726. The first-order valence-electron chi connectivity index (χ1n) is 6.18. The lowest BCUT2D eigenvalue weighted by Crippen LogP contribution is -2.20. The fourth-order valence-corrected chi connectivity index (χ4v) is 2.41. The molecule has 2 rings (SSSR count). The standard InChI is InChI=1S/C12H15N3S.C2H6/c1-8-12(16-7-15-8)10-4-2-9(3-5-10)11(14)6-13;1-2/h2-5,7,11H,6,13-14H2,1H3;1-2H3. The van der Waals surface area contributed by atoms with Crippen molar-refractivity contribution in [1.29, 1.82) is 0 Å². The number of benzene rings is 1. The zero-order chi connectivity index (χ0) is 13.5. The van der Waals surface area contributed by atoms with E-state index in [9.17, 15) is 0 Å². The summed E-state index contributed by atoms with van der Waals surface area (Å²) in [4.78, 5) is 5.46. The van der Waals surface area contributed by atoms with Crippen molar-refractivity contribution in [2.24, 2.45) is 11.5 Å². The summed E-state index contributed by atoms with van der Waals surface area (Å²) in [6.45, 7) is 6.49. The van der Waals surface area contributed by atoms with Gasteiger partial charge < -0.3 is 11.5 Å². The minimum Gasteiger partial charge on any atom is -0.329 e. The van der Waals surface area contributed by atoms with Crippen molar-refractivity contribution < 1.29 is 0 Å². The van der Waals surface area contributed by atoms with Crippen LogP contribution in [0.5, 0.6) is 0 Å². The van der Waals surface area contributed by atoms with E-state index < -0.39 is 0 Å². The number of nitrogens with zero attached hydrogens (tertiary/aromatic N) is 1. The van der Waals surface area contributed by atoms with E-state index in [0.29, 0.717) is 6.54 Å². The van der Waals surface area contributed by atoms with Crippen LogP contribution in [0.4, 0.5) is 0 Å². The molecule has 0 bridgehead atoms. The van der Waals surface area contributed by atoms with Crippen molar-refractivity contribution in [2.45, 2.75) is 26.8 Å². The molecule has 1 unspecified atom stereocenters. The Labute approximate surface area is 113 Å². The lowest BCUT2D eigenvalue weighted by atomic mass is 10.0. The molecule has 0 fully saturated rings. The molecule has 18 heavy (non-hydrogen) atoms. The van der Waals surface area contributed by atoms with E-state index in [2.05, 4.69) is 17.1 Å². The Morgan fingerprint density at radius 3 is 2.28 bits per heavy atom. The van der Waals surface area contributed by atoms with Crippen LogP contribution < -0.4 is 11.5 Å². The van der Waals surface area contributed by atoms with Gasteiger partial charge in [-0.3, -0.25) is 0 Å². The molecule has 0 spiro atoms. The van der Waals surface area contributed by atoms with Gasteiger partial charge in [0.05, 0.1) is 16.1 Å². The SMILES string of the molecule is CC.Cc1ncsc1-c1ccc(C(N)CN)cc1. The van der Waals surface area contributed by atoms with Crippen LogP contribution in [0.3, 0.4) is 0 Å². The van der Waals surface area contributed by atoms with Crippen LogP contribution in [0.15, 0.2) is 29.8 Å². The monoisotopic (exact) mass is 263 g/mol. The highest BCUT2D eigenvalue weighted by molar-refractivity contribution is 7.13. The zero-order valence-corrected chi connectivity index (χ0v) is 12.0. The summed E-state index contributed by atoms with van der Waals surface area (Å²) in [6, 6.07) is 8.14. The molecule has 1 heterocycles. The van der Waals surface area contributed by atoms with Gasteiger partial charge in [0.2, 0.25) is 0 Å². The van der Waals surface area contributed by atoms with E-state index >= 15 is 0 Å². The second kappa shape index (κ2) is 7.26. The van der Waals surface area contributed by atoms with Gasteiger partial charge in [0.1, 0.15) is 0 Å². The van der Waals surface area contributed by atoms with Crippen molar-refractivity contribution in [1.82, 2.24) is 4.98 Å². The van der Waals surface area contributed by atoms with Crippen LogP contribution in [0, 0.1) is 6.92 Å². The third-order valence-electron chi connectivity index (χ3n) is 2.60. The maximum absolute atomic E-state index is 5.86. The number of aryl methyl sites for hydroxylation is 1. The average molecular weight is 263 g/mol. The normalized spacial score (nSPS) is 11.6. The highest BCUT2D eigenvalue weighted by Gasteiger charge is 2.06. The second-order valence-corrected chi connectivity index (χ2v) is 4.59. The van der Waals surface area contributed by atoms with Gasteiger partial charge in [-0.25, -0.2) is 4.98 Å². The molecule has 2 aromatic rings. The van der Waals surface area contributed by atoms with Crippen LogP contribution in [-0.4, -0.2) is 11.5 Å². The summed E-state index contributed by atoms with van der Waals surface area (Å²) in [5, 5.41) is 0. The van der Waals surface area contributed by atoms with Crippen LogP contribution >= 0.6 is 11.3 Å². The van der Waals surface area contributed by atoms with Crippen molar-refractivity contribution in [2.75, 3.05) is 6.54 Å². The van der Waals surface area contributed by atoms with E-state index in [1.165, 1.54) is 10.4 Å². The molecule has 0 amide bonds. The molecule has 0 aliphatic rings. The highest BCUT2D eigenvalue weighted by atomic mass is 32.1. The molecule has 4 heteroatoms. The van der Waals surface area contributed by atoms with Gasteiger partial charge in [0, 0.05) is 12.6 Å². The van der Waals surface area contributed by atoms with Crippen LogP contribution in [-0.2, 0) is 0 Å². The summed E-state index contributed by atoms with van der Waals surface area (Å²) in [5.41, 5.74) is 16.6. The molecular weight excluding hydrogens is 242 g/mol. The minimum atomic E-state index is -0.0726. The molecule has 3 nitrogen and oxygen atoms in total. The van der Waals surface area contributed by atoms with Crippen LogP contribution in [0.1, 0.15) is 31.1 Å². The quantitative estimate of drug-likeness (QED) is 0.894. The van der Waals surface area contributed by atoms with Crippen molar-refractivity contribution in [3.8, 4) is 10.4 Å². The van der Waals surface area contributed by atoms with E-state index in [4.69, 9.17) is 11.5 Å². The first-order chi connectivity index (χ1) is 8.72. The zero-order valence-electron chi connectivity index (χ0n) is 11.2. The average Bonchev–Trinajstić information content (AvgIpc) is 2.86. The largest absolute Gasteiger partial charge is 0.329 e. The summed E-state index contributed by atoms with van der Waals surface area (Å²) in [6.07, 6.45) is 0. The molecule has 0 saturated carbocycles. The van der Waals surface area contributed by atoms with Gasteiger partial charge >= 0.3 is 0 Å². The summed E-state index contributed by atoms with van der Waals surface area (Å²) >= 11 is 1.66. The first kappa shape index (κ1) is 14.8. The number of hydrogen-bond acceptors (Lipinski definition) is 4. The highest BCUT2D eigenvalue weighted by Crippen LogP contribution is 2.27. The molecule has 98 valence electrons. The second-order valence-electron chi connectivity index (χ2n) is 3.73. The number of rotatable bonds is 3. The van der Waals surface area contributed by atoms with Gasteiger partial charge in [0.25, 0.3) is 0 Å². The fraction of sp³-hybridized carbons (Fsp3) is 0.357. The van der Waals surface area contributed by atoms with Gasteiger partial charge in [-0.15, -0.1) is 11.3 Å². The molecule has 4 N–H and O–H groups in total. The van der Waals surface area contributed by atoms with E-state index in [1.807, 2.05) is 38.4 Å². The Hall–Kier alpha value is -1.23. The molecule has 1 aromatic heterocycles. The lowest BCUT2D eigenvalue weighted by Gasteiger charge is -2.09. The number of aromatic nitrogens is 1. The van der Waals surface area contributed by atoms with Crippen molar-refractivity contribution >= 4 is 11.3 Å². The van der Waals surface area contributed by atoms with E-state index in [1.54, 1.807) is 11.3 Å². The Bertz CT molecular complexity index is 462. The van der Waals surface area contributed by atoms with Gasteiger partial charge in [0.15, 0.2) is 0 Å². The van der Waals surface area contributed by atoms with E-state index in [0.717, 1.165) is 11.3 Å². The van der Waals surface area contributed by atoms with E-state index in [-0.39, 0.29) is 6.04 Å². The van der Waals surface area contributed by atoms with Gasteiger partial charge in [-0.1, -0.05) is 38.1 Å². The first-order valence-corrected chi connectivity index (χ1v) is 7.06. The third kappa shape index (κ3) is 3.38. The molecule has 0 aliphatic carbocycles. The number of thiazole rings is 1. The molecule has 1 atom stereocenters. The third-order valence-corrected chi connectivity index (χ3v) is 3.58. The Balaban J connectivity index is 0.000000771. The smallest absolute Gasteiger partial charge is 0.0801 e. The Morgan fingerprint density at radius 1 is 1.22 bits per heavy atom. The lowest BCUT2D eigenvalue weighted by molar-refractivity contribution is 0.737. The molecule has 0 aliphatic heterocycles. The van der Waals surface area contributed by atoms with Crippen LogP contribution in [0.25, 0.3) is 10.4 Å². The predicted molar refractivity (Wildman–Crippen MR) is 79.6 cm³/mol. The molecule has 0 saturated heterocycles. The van der Waals surface area contributed by atoms with Gasteiger partial charge in [-0.05, 0) is 18.1 Å². The summed E-state index contributed by atoms with van der Waals surface area (Å²) in [7, 11) is 0. The maximum atomic E-state index is 5.86. The molecular formula is C14H21N3S. The van der Waals surface area contributed by atoms with Crippen molar-refractivity contribution in [3.63, 3.8) is 0 Å². The Morgan fingerprint density at radius 2 is 1.83 bits per heavy atom. The maximum Gasteiger partial charge on any atom is 0.0801 e. The Kier molecular flexibility index (Phi) is 5.98. The number of hydrogen-bond donors (Lipinski definition) is 2. The molecule has 1 aromatic carbocycles. The fourth-order valence-electron chi connectivity index (χ4n) is 1.60. The topological polar surface area (TPSA) is 64.9 Å². The van der Waals surface area contributed by atoms with Gasteiger partial charge in [-0.2, -0.15) is 0 Å². The predicted octanol–water partition coefficient (Wildman–Crippen LogP) is 3.10. The van der Waals surface area contributed by atoms with Crippen molar-refractivity contribution in [3.05, 3.63) is 41.0 Å². The summed E-state index contributed by atoms with van der Waals surface area (Å²) < 4.78 is 0.